The van der Waals surface area contributed by atoms with Crippen molar-refractivity contribution >= 4 is 22.5 Å². The van der Waals surface area contributed by atoms with Crippen LogP contribution in [0.25, 0.3) is 10.9 Å². The van der Waals surface area contributed by atoms with Gasteiger partial charge in [-0.25, -0.2) is 0 Å². The van der Waals surface area contributed by atoms with Crippen LogP contribution in [0.2, 0.25) is 0 Å². The van der Waals surface area contributed by atoms with Crippen LogP contribution in [-0.2, 0) is 0 Å². The zero-order valence-corrected chi connectivity index (χ0v) is 13.6. The first-order valence-electron chi connectivity index (χ1n) is 8.03. The predicted molar refractivity (Wildman–Crippen MR) is 97.2 cm³/mol. The summed E-state index contributed by atoms with van der Waals surface area (Å²) in [5.74, 6) is -0.320. The van der Waals surface area contributed by atoms with Gasteiger partial charge in [-0.3, -0.25) is 9.59 Å². The van der Waals surface area contributed by atoms with Crippen LogP contribution in [0.15, 0.2) is 54.5 Å². The van der Waals surface area contributed by atoms with Crippen molar-refractivity contribution in [2.24, 2.45) is 0 Å². The fourth-order valence-corrected chi connectivity index (χ4v) is 2.95. The zero-order chi connectivity index (χ0) is 17.3. The lowest BCUT2D eigenvalue weighted by Crippen LogP contribution is -2.35. The smallest absolute Gasteiger partial charge is 0.259 e. The molecule has 2 aromatic rings. The van der Waals surface area contributed by atoms with E-state index in [-0.39, 0.29) is 16.9 Å². The highest BCUT2D eigenvalue weighted by Crippen LogP contribution is 2.37. The lowest BCUT2D eigenvalue weighted by Gasteiger charge is -2.20. The van der Waals surface area contributed by atoms with Crippen molar-refractivity contribution in [3.63, 3.8) is 0 Å². The van der Waals surface area contributed by atoms with Crippen molar-refractivity contribution in [3.05, 3.63) is 65.5 Å². The summed E-state index contributed by atoms with van der Waals surface area (Å²) in [6.45, 7) is 8.05. The van der Waals surface area contributed by atoms with Crippen LogP contribution in [0.4, 0.5) is 5.69 Å². The number of hydrogen-bond donors (Lipinski definition) is 1. The molecule has 0 unspecified atom stereocenters. The monoisotopic (exact) mass is 323 g/mol. The highest BCUT2D eigenvalue weighted by atomic mass is 16.2. The van der Waals surface area contributed by atoms with Gasteiger partial charge in [0, 0.05) is 31.0 Å². The molecule has 1 heterocycles. The largest absolute Gasteiger partial charge is 0.398 e. The van der Waals surface area contributed by atoms with Gasteiger partial charge in [-0.2, -0.15) is 0 Å². The molecule has 1 aromatic carbocycles. The maximum Gasteiger partial charge on any atom is 0.259 e. The number of amides is 1. The number of carbonyl (C=O) groups is 1. The number of carbonyl (C=O) groups excluding carboxylic acids is 1. The number of anilines is 1. The molecule has 24 heavy (non-hydrogen) atoms. The normalized spacial score (nSPS) is 13.7. The van der Waals surface area contributed by atoms with Crippen molar-refractivity contribution in [1.82, 2.24) is 9.47 Å². The molecule has 1 aromatic heterocycles. The number of aromatic nitrogens is 1. The Kier molecular flexibility index (Phi) is 4.25. The van der Waals surface area contributed by atoms with Gasteiger partial charge in [0.1, 0.15) is 5.56 Å². The van der Waals surface area contributed by atoms with Crippen molar-refractivity contribution in [1.29, 1.82) is 0 Å². The third kappa shape index (κ3) is 2.73. The van der Waals surface area contributed by atoms with Gasteiger partial charge in [0.15, 0.2) is 0 Å². The summed E-state index contributed by atoms with van der Waals surface area (Å²) in [6.07, 6.45) is 7.04. The molecule has 1 fully saturated rings. The molecule has 0 spiro atoms. The van der Waals surface area contributed by atoms with Gasteiger partial charge in [0.2, 0.25) is 5.43 Å². The summed E-state index contributed by atoms with van der Waals surface area (Å²) in [4.78, 5) is 27.3. The van der Waals surface area contributed by atoms with E-state index in [4.69, 9.17) is 5.73 Å². The molecule has 5 heteroatoms. The maximum atomic E-state index is 12.9. The molecule has 3 rings (SSSR count). The summed E-state index contributed by atoms with van der Waals surface area (Å²) < 4.78 is 2.01. The van der Waals surface area contributed by atoms with E-state index in [0.717, 1.165) is 18.4 Å². The zero-order valence-electron chi connectivity index (χ0n) is 13.6. The first-order chi connectivity index (χ1) is 11.6. The van der Waals surface area contributed by atoms with Crippen molar-refractivity contribution < 1.29 is 4.79 Å². The first-order valence-corrected chi connectivity index (χ1v) is 8.03. The SMILES string of the molecule is C=CCN(CC=C)C(=O)c1cn(C2CC2)c2cccc(N)c2c1=O. The highest BCUT2D eigenvalue weighted by molar-refractivity contribution is 6.00. The molecular formula is C19H21N3O2. The van der Waals surface area contributed by atoms with Crippen LogP contribution < -0.4 is 11.2 Å². The molecule has 0 saturated heterocycles. The van der Waals surface area contributed by atoms with E-state index in [1.54, 1.807) is 29.3 Å². The average molecular weight is 323 g/mol. The Bertz CT molecular complexity index is 868. The van der Waals surface area contributed by atoms with Crippen molar-refractivity contribution in [2.75, 3.05) is 18.8 Å². The third-order valence-electron chi connectivity index (χ3n) is 4.25. The fourth-order valence-electron chi connectivity index (χ4n) is 2.95. The molecule has 124 valence electrons. The Hall–Kier alpha value is -2.82. The van der Waals surface area contributed by atoms with E-state index in [1.165, 1.54) is 0 Å². The number of nitrogens with two attached hydrogens (primary N) is 1. The Morgan fingerprint density at radius 2 is 1.96 bits per heavy atom. The molecule has 1 aliphatic rings. The number of hydrogen-bond acceptors (Lipinski definition) is 3. The molecular weight excluding hydrogens is 302 g/mol. The summed E-state index contributed by atoms with van der Waals surface area (Å²) >= 11 is 0. The molecule has 1 aliphatic carbocycles. The second kappa shape index (κ2) is 6.35. The predicted octanol–water partition coefficient (Wildman–Crippen LogP) is 2.73. The van der Waals surface area contributed by atoms with Crippen LogP contribution in [0.3, 0.4) is 0 Å². The quantitative estimate of drug-likeness (QED) is 0.656. The van der Waals surface area contributed by atoms with Crippen molar-refractivity contribution in [3.8, 4) is 0 Å². The Balaban J connectivity index is 2.21. The Labute approximate surface area is 140 Å². The summed E-state index contributed by atoms with van der Waals surface area (Å²) in [5.41, 5.74) is 7.06. The van der Waals surface area contributed by atoms with Gasteiger partial charge >= 0.3 is 0 Å². The van der Waals surface area contributed by atoms with Crippen LogP contribution in [0.1, 0.15) is 29.2 Å². The van der Waals surface area contributed by atoms with E-state index in [0.29, 0.717) is 30.2 Å². The lowest BCUT2D eigenvalue weighted by atomic mass is 10.1. The van der Waals surface area contributed by atoms with Crippen LogP contribution in [0, 0.1) is 0 Å². The molecule has 0 bridgehead atoms. The second-order valence-electron chi connectivity index (χ2n) is 6.04. The minimum atomic E-state index is -0.320. The van der Waals surface area contributed by atoms with E-state index >= 15 is 0 Å². The van der Waals surface area contributed by atoms with Gasteiger partial charge in [-0.15, -0.1) is 13.2 Å². The summed E-state index contributed by atoms with van der Waals surface area (Å²) in [6, 6.07) is 5.73. The van der Waals surface area contributed by atoms with E-state index in [2.05, 4.69) is 13.2 Å². The summed E-state index contributed by atoms with van der Waals surface area (Å²) in [5, 5.41) is 0.424. The van der Waals surface area contributed by atoms with Gasteiger partial charge in [0.25, 0.3) is 5.91 Å². The maximum absolute atomic E-state index is 12.9. The van der Waals surface area contributed by atoms with Crippen molar-refractivity contribution in [2.45, 2.75) is 18.9 Å². The van der Waals surface area contributed by atoms with E-state index in [9.17, 15) is 9.59 Å². The fraction of sp³-hybridized carbons (Fsp3) is 0.263. The average Bonchev–Trinajstić information content (AvgIpc) is 3.39. The summed E-state index contributed by atoms with van der Waals surface area (Å²) in [7, 11) is 0. The standard InChI is InChI=1S/C19H21N3O2/c1-3-10-21(11-4-2)19(24)14-12-22(13-8-9-13)16-7-5-6-15(20)17(16)18(14)23/h3-7,12-13H,1-2,8-11,20H2. The molecule has 0 aliphatic heterocycles. The molecule has 1 amide bonds. The second-order valence-corrected chi connectivity index (χ2v) is 6.04. The topological polar surface area (TPSA) is 68.3 Å². The molecule has 5 nitrogen and oxygen atoms in total. The number of pyridine rings is 1. The molecule has 0 radical (unpaired) electrons. The van der Waals surface area contributed by atoms with E-state index in [1.807, 2.05) is 16.7 Å². The van der Waals surface area contributed by atoms with Crippen LogP contribution in [0.5, 0.6) is 0 Å². The lowest BCUT2D eigenvalue weighted by molar-refractivity contribution is 0.0789. The number of rotatable bonds is 6. The van der Waals surface area contributed by atoms with Gasteiger partial charge in [-0.1, -0.05) is 18.2 Å². The van der Waals surface area contributed by atoms with Gasteiger partial charge in [-0.05, 0) is 25.0 Å². The molecule has 2 N–H and O–H groups in total. The number of nitrogens with zero attached hydrogens (tertiary/aromatic N) is 2. The van der Waals surface area contributed by atoms with Gasteiger partial charge in [0.05, 0.1) is 10.9 Å². The third-order valence-corrected chi connectivity index (χ3v) is 4.25. The highest BCUT2D eigenvalue weighted by Gasteiger charge is 2.28. The number of benzene rings is 1. The molecule has 0 atom stereocenters. The molecule has 1 saturated carbocycles. The van der Waals surface area contributed by atoms with E-state index < -0.39 is 0 Å². The van der Waals surface area contributed by atoms with Crippen LogP contribution in [-0.4, -0.2) is 28.5 Å². The minimum absolute atomic E-state index is 0.149. The minimum Gasteiger partial charge on any atom is -0.398 e. The Morgan fingerprint density at radius 1 is 1.29 bits per heavy atom. The first kappa shape index (κ1) is 16.1. The Morgan fingerprint density at radius 3 is 2.54 bits per heavy atom. The number of nitrogen functional groups attached to an aromatic ring is 1. The van der Waals surface area contributed by atoms with Gasteiger partial charge < -0.3 is 15.2 Å². The number of fused-ring (bicyclic) bond motifs is 1. The van der Waals surface area contributed by atoms with Crippen LogP contribution >= 0.6 is 0 Å².